The molecule has 0 aliphatic carbocycles. The molecule has 1 aliphatic rings. The van der Waals surface area contributed by atoms with Crippen molar-refractivity contribution in [3.05, 3.63) is 46.7 Å². The number of nitrogens with one attached hydrogen (secondary N) is 1. The van der Waals surface area contributed by atoms with Crippen LogP contribution in [0.5, 0.6) is 0 Å². The maximum atomic E-state index is 12.4. The number of rotatable bonds is 4. The zero-order valence-corrected chi connectivity index (χ0v) is 14.8. The average molecular weight is 368 g/mol. The van der Waals surface area contributed by atoms with Gasteiger partial charge in [-0.2, -0.15) is 5.10 Å². The van der Waals surface area contributed by atoms with Crippen LogP contribution in [0, 0.1) is 12.8 Å². The molecule has 6 nitrogen and oxygen atoms in total. The smallest absolute Gasteiger partial charge is 0.254 e. The highest BCUT2D eigenvalue weighted by Gasteiger charge is 2.28. The SMILES string of the molecule is Cc1c(C(=O)NCC2CCS(=O)(=O)C2)cnn1-c1cccc(Cl)c1. The van der Waals surface area contributed by atoms with Gasteiger partial charge in [0, 0.05) is 11.6 Å². The lowest BCUT2D eigenvalue weighted by atomic mass is 10.1. The monoisotopic (exact) mass is 367 g/mol. The van der Waals surface area contributed by atoms with Gasteiger partial charge >= 0.3 is 0 Å². The van der Waals surface area contributed by atoms with E-state index in [1.165, 1.54) is 6.20 Å². The minimum absolute atomic E-state index is 0.0118. The number of carbonyl (C=O) groups excluding carboxylic acids is 1. The molecule has 3 rings (SSSR count). The van der Waals surface area contributed by atoms with E-state index >= 15 is 0 Å². The molecule has 0 spiro atoms. The predicted octanol–water partition coefficient (Wildman–Crippen LogP) is 2.00. The molecule has 0 bridgehead atoms. The lowest BCUT2D eigenvalue weighted by molar-refractivity contribution is 0.0948. The topological polar surface area (TPSA) is 81.1 Å². The molecule has 1 fully saturated rings. The van der Waals surface area contributed by atoms with Crippen molar-refractivity contribution < 1.29 is 13.2 Å². The van der Waals surface area contributed by atoms with Gasteiger partial charge in [0.1, 0.15) is 0 Å². The van der Waals surface area contributed by atoms with Crippen molar-refractivity contribution in [3.8, 4) is 5.69 Å². The number of benzene rings is 1. The first kappa shape index (κ1) is 17.0. The number of carbonyl (C=O) groups is 1. The van der Waals surface area contributed by atoms with Gasteiger partial charge in [0.15, 0.2) is 9.84 Å². The zero-order valence-electron chi connectivity index (χ0n) is 13.2. The van der Waals surface area contributed by atoms with E-state index < -0.39 is 9.84 Å². The molecular formula is C16H18ClN3O3S. The van der Waals surface area contributed by atoms with Gasteiger partial charge < -0.3 is 5.32 Å². The number of sulfone groups is 1. The Balaban J connectivity index is 1.70. The molecule has 1 aliphatic heterocycles. The second-order valence-electron chi connectivity index (χ2n) is 6.01. The molecule has 1 N–H and O–H groups in total. The first-order chi connectivity index (χ1) is 11.4. The van der Waals surface area contributed by atoms with Crippen molar-refractivity contribution in [3.63, 3.8) is 0 Å². The van der Waals surface area contributed by atoms with Gasteiger partial charge in [-0.15, -0.1) is 0 Å². The third kappa shape index (κ3) is 3.62. The minimum atomic E-state index is -2.93. The van der Waals surface area contributed by atoms with Gasteiger partial charge in [0.25, 0.3) is 5.91 Å². The summed E-state index contributed by atoms with van der Waals surface area (Å²) in [7, 11) is -2.93. The lowest BCUT2D eigenvalue weighted by Crippen LogP contribution is -2.30. The molecule has 24 heavy (non-hydrogen) atoms. The van der Waals surface area contributed by atoms with Crippen LogP contribution in [-0.2, 0) is 9.84 Å². The van der Waals surface area contributed by atoms with E-state index in [0.717, 1.165) is 5.69 Å². The van der Waals surface area contributed by atoms with Crippen LogP contribution < -0.4 is 5.32 Å². The maximum absolute atomic E-state index is 12.4. The van der Waals surface area contributed by atoms with E-state index in [0.29, 0.717) is 29.2 Å². The van der Waals surface area contributed by atoms with Gasteiger partial charge in [-0.1, -0.05) is 17.7 Å². The molecule has 2 aromatic rings. The van der Waals surface area contributed by atoms with E-state index in [1.807, 2.05) is 19.1 Å². The first-order valence-electron chi connectivity index (χ1n) is 7.65. The minimum Gasteiger partial charge on any atom is -0.352 e. The number of hydrogen-bond donors (Lipinski definition) is 1. The van der Waals surface area contributed by atoms with E-state index in [-0.39, 0.29) is 23.3 Å². The lowest BCUT2D eigenvalue weighted by Gasteiger charge is -2.10. The Morgan fingerprint density at radius 3 is 2.92 bits per heavy atom. The van der Waals surface area contributed by atoms with Crippen molar-refractivity contribution in [2.24, 2.45) is 5.92 Å². The van der Waals surface area contributed by atoms with Crippen LogP contribution >= 0.6 is 11.6 Å². The zero-order chi connectivity index (χ0) is 17.3. The second-order valence-corrected chi connectivity index (χ2v) is 8.68. The summed E-state index contributed by atoms with van der Waals surface area (Å²) in [5.74, 6) is 0.0973. The quantitative estimate of drug-likeness (QED) is 0.896. The Morgan fingerprint density at radius 2 is 2.25 bits per heavy atom. The maximum Gasteiger partial charge on any atom is 0.254 e. The third-order valence-electron chi connectivity index (χ3n) is 4.19. The molecule has 0 radical (unpaired) electrons. The van der Waals surface area contributed by atoms with E-state index in [2.05, 4.69) is 10.4 Å². The summed E-state index contributed by atoms with van der Waals surface area (Å²) < 4.78 is 24.6. The second kappa shape index (κ2) is 6.57. The van der Waals surface area contributed by atoms with Crippen molar-refractivity contribution >= 4 is 27.3 Å². The molecular weight excluding hydrogens is 350 g/mol. The number of aromatic nitrogens is 2. The number of halogens is 1. The van der Waals surface area contributed by atoms with Crippen LogP contribution in [0.3, 0.4) is 0 Å². The molecule has 1 aromatic carbocycles. The largest absolute Gasteiger partial charge is 0.352 e. The number of hydrogen-bond acceptors (Lipinski definition) is 4. The summed E-state index contributed by atoms with van der Waals surface area (Å²) in [4.78, 5) is 12.4. The Labute approximate surface area is 145 Å². The molecule has 1 amide bonds. The van der Waals surface area contributed by atoms with Crippen molar-refractivity contribution in [1.82, 2.24) is 15.1 Å². The highest BCUT2D eigenvalue weighted by Crippen LogP contribution is 2.19. The average Bonchev–Trinajstić information content (AvgIpc) is 3.07. The van der Waals surface area contributed by atoms with Gasteiger partial charge in [0.05, 0.1) is 34.6 Å². The highest BCUT2D eigenvalue weighted by molar-refractivity contribution is 7.91. The molecule has 2 heterocycles. The van der Waals surface area contributed by atoms with Gasteiger partial charge in [0.2, 0.25) is 0 Å². The molecule has 0 saturated carbocycles. The Bertz CT molecular complexity index is 876. The van der Waals surface area contributed by atoms with Crippen LogP contribution in [0.4, 0.5) is 0 Å². The molecule has 1 saturated heterocycles. The standard InChI is InChI=1S/C16H18ClN3O3S/c1-11-15(9-19-20(11)14-4-2-3-13(17)7-14)16(21)18-8-12-5-6-24(22,23)10-12/h2-4,7,9,12H,5-6,8,10H2,1H3,(H,18,21). The normalized spacial score (nSPS) is 19.3. The van der Waals surface area contributed by atoms with Gasteiger partial charge in [-0.3, -0.25) is 4.79 Å². The molecule has 1 aromatic heterocycles. The van der Waals surface area contributed by atoms with Crippen molar-refractivity contribution in [1.29, 1.82) is 0 Å². The Kier molecular flexibility index (Phi) is 4.64. The molecule has 1 unspecified atom stereocenters. The molecule has 128 valence electrons. The number of amides is 1. The van der Waals surface area contributed by atoms with Crippen molar-refractivity contribution in [2.75, 3.05) is 18.1 Å². The summed E-state index contributed by atoms with van der Waals surface area (Å²) in [6.07, 6.45) is 2.11. The first-order valence-corrected chi connectivity index (χ1v) is 9.85. The summed E-state index contributed by atoms with van der Waals surface area (Å²) in [5.41, 5.74) is 1.95. The third-order valence-corrected chi connectivity index (χ3v) is 6.26. The van der Waals surface area contributed by atoms with Gasteiger partial charge in [-0.25, -0.2) is 13.1 Å². The summed E-state index contributed by atoms with van der Waals surface area (Å²) in [5, 5.41) is 7.66. The summed E-state index contributed by atoms with van der Waals surface area (Å²) in [6.45, 7) is 2.17. The Morgan fingerprint density at radius 1 is 1.46 bits per heavy atom. The van der Waals surface area contributed by atoms with Gasteiger partial charge in [-0.05, 0) is 37.5 Å². The molecule has 8 heteroatoms. The fourth-order valence-corrected chi connectivity index (χ4v) is 4.91. The van der Waals surface area contributed by atoms with E-state index in [9.17, 15) is 13.2 Å². The van der Waals surface area contributed by atoms with Crippen LogP contribution in [-0.4, -0.2) is 42.2 Å². The van der Waals surface area contributed by atoms with Crippen LogP contribution in [0.15, 0.2) is 30.5 Å². The fourth-order valence-electron chi connectivity index (χ4n) is 2.87. The van der Waals surface area contributed by atoms with Crippen molar-refractivity contribution in [2.45, 2.75) is 13.3 Å². The number of nitrogens with zero attached hydrogens (tertiary/aromatic N) is 2. The Hall–Kier alpha value is -1.86. The summed E-state index contributed by atoms with van der Waals surface area (Å²) in [6, 6.07) is 7.22. The predicted molar refractivity (Wildman–Crippen MR) is 92.4 cm³/mol. The van der Waals surface area contributed by atoms with E-state index in [1.54, 1.807) is 16.8 Å². The van der Waals surface area contributed by atoms with Crippen LogP contribution in [0.25, 0.3) is 5.69 Å². The van der Waals surface area contributed by atoms with E-state index in [4.69, 9.17) is 11.6 Å². The van der Waals surface area contributed by atoms with Crippen LogP contribution in [0.1, 0.15) is 22.5 Å². The summed E-state index contributed by atoms with van der Waals surface area (Å²) >= 11 is 5.99. The highest BCUT2D eigenvalue weighted by atomic mass is 35.5. The molecule has 1 atom stereocenters. The van der Waals surface area contributed by atoms with Crippen LogP contribution in [0.2, 0.25) is 5.02 Å². The fraction of sp³-hybridized carbons (Fsp3) is 0.375.